The second-order valence-electron chi connectivity index (χ2n) is 3.95. The van der Waals surface area contributed by atoms with Crippen molar-refractivity contribution < 1.29 is 0 Å². The van der Waals surface area contributed by atoms with Crippen molar-refractivity contribution in [2.45, 2.75) is 30.7 Å². The van der Waals surface area contributed by atoms with E-state index in [4.69, 9.17) is 17.4 Å². The van der Waals surface area contributed by atoms with E-state index in [1.165, 1.54) is 25.7 Å². The zero-order chi connectivity index (χ0) is 11.4. The third kappa shape index (κ3) is 2.99. The van der Waals surface area contributed by atoms with Gasteiger partial charge in [0.1, 0.15) is 5.03 Å². The summed E-state index contributed by atoms with van der Waals surface area (Å²) in [5, 5.41) is 1.42. The van der Waals surface area contributed by atoms with E-state index in [0.29, 0.717) is 11.0 Å². The van der Waals surface area contributed by atoms with Crippen LogP contribution in [0.3, 0.4) is 0 Å². The number of rotatable bonds is 4. The zero-order valence-electron chi connectivity index (χ0n) is 8.95. The van der Waals surface area contributed by atoms with Crippen molar-refractivity contribution in [3.05, 3.63) is 11.2 Å². The van der Waals surface area contributed by atoms with E-state index < -0.39 is 0 Å². The molecule has 1 saturated carbocycles. The summed E-state index contributed by atoms with van der Waals surface area (Å²) in [5.74, 6) is 7.57. The summed E-state index contributed by atoms with van der Waals surface area (Å²) in [5.41, 5.74) is 2.43. The summed E-state index contributed by atoms with van der Waals surface area (Å²) >= 11 is 7.72. The number of hydrazine groups is 1. The number of thioether (sulfide) groups is 1. The minimum atomic E-state index is 0.415. The molecular weight excluding hydrogens is 244 g/mol. The first-order valence-corrected chi connectivity index (χ1v) is 6.78. The van der Waals surface area contributed by atoms with Crippen LogP contribution in [0.25, 0.3) is 0 Å². The molecule has 3 N–H and O–H groups in total. The quantitative estimate of drug-likeness (QED) is 0.376. The Kier molecular flexibility index (Phi) is 4.26. The van der Waals surface area contributed by atoms with Gasteiger partial charge in [-0.25, -0.2) is 15.8 Å². The molecule has 1 aromatic heterocycles. The maximum absolute atomic E-state index is 6.02. The number of nitrogen functional groups attached to an aromatic ring is 1. The monoisotopic (exact) mass is 258 g/mol. The van der Waals surface area contributed by atoms with Gasteiger partial charge < -0.3 is 0 Å². The van der Waals surface area contributed by atoms with Gasteiger partial charge in [0.05, 0.1) is 11.2 Å². The Morgan fingerprint density at radius 1 is 1.50 bits per heavy atom. The van der Waals surface area contributed by atoms with Gasteiger partial charge in [0, 0.05) is 5.75 Å². The number of nitrogens with one attached hydrogen (secondary N) is 1. The molecule has 88 valence electrons. The molecule has 1 aliphatic rings. The Morgan fingerprint density at radius 2 is 2.25 bits per heavy atom. The first kappa shape index (κ1) is 12.0. The van der Waals surface area contributed by atoms with Crippen LogP contribution in [0.2, 0.25) is 5.02 Å². The summed E-state index contributed by atoms with van der Waals surface area (Å²) in [6.07, 6.45) is 6.97. The lowest BCUT2D eigenvalue weighted by molar-refractivity contribution is 0.623. The molecule has 0 amide bonds. The maximum atomic E-state index is 6.02. The molecule has 4 nitrogen and oxygen atoms in total. The molecule has 0 spiro atoms. The lowest BCUT2D eigenvalue weighted by Gasteiger charge is -2.09. The summed E-state index contributed by atoms with van der Waals surface area (Å²) < 4.78 is 0. The number of aromatic nitrogens is 2. The third-order valence-electron chi connectivity index (χ3n) is 2.77. The van der Waals surface area contributed by atoms with Gasteiger partial charge in [0.25, 0.3) is 0 Å². The molecule has 1 aromatic rings. The van der Waals surface area contributed by atoms with Crippen LogP contribution in [0.15, 0.2) is 11.2 Å². The smallest absolute Gasteiger partial charge is 0.238 e. The lowest BCUT2D eigenvalue weighted by Crippen LogP contribution is -2.10. The normalized spacial score (nSPS) is 16.6. The Morgan fingerprint density at radius 3 is 2.94 bits per heavy atom. The van der Waals surface area contributed by atoms with Gasteiger partial charge in [0.2, 0.25) is 5.95 Å². The van der Waals surface area contributed by atoms with E-state index in [-0.39, 0.29) is 0 Å². The Labute approximate surface area is 104 Å². The first-order valence-electron chi connectivity index (χ1n) is 5.41. The number of hydrogen-bond acceptors (Lipinski definition) is 5. The molecule has 0 unspecified atom stereocenters. The Balaban J connectivity index is 1.96. The van der Waals surface area contributed by atoms with Crippen LogP contribution in [0.4, 0.5) is 5.95 Å². The minimum Gasteiger partial charge on any atom is -0.292 e. The molecule has 0 atom stereocenters. The van der Waals surface area contributed by atoms with Gasteiger partial charge >= 0.3 is 0 Å². The van der Waals surface area contributed by atoms with Crippen LogP contribution in [0, 0.1) is 5.92 Å². The molecule has 2 rings (SSSR count). The fraction of sp³-hybridized carbons (Fsp3) is 0.600. The first-order chi connectivity index (χ1) is 7.79. The average molecular weight is 259 g/mol. The largest absolute Gasteiger partial charge is 0.292 e. The molecular formula is C10H15ClN4S. The Hall–Kier alpha value is -0.520. The molecule has 6 heteroatoms. The summed E-state index contributed by atoms with van der Waals surface area (Å²) in [7, 11) is 0. The van der Waals surface area contributed by atoms with Crippen molar-refractivity contribution in [3.8, 4) is 0 Å². The molecule has 0 aromatic carbocycles. The molecule has 1 aliphatic carbocycles. The summed E-state index contributed by atoms with van der Waals surface area (Å²) in [4.78, 5) is 8.18. The van der Waals surface area contributed by atoms with Gasteiger partial charge in [0.15, 0.2) is 0 Å². The number of nitrogens with zero attached hydrogens (tertiary/aromatic N) is 2. The molecule has 1 fully saturated rings. The molecule has 0 bridgehead atoms. The van der Waals surface area contributed by atoms with Crippen molar-refractivity contribution in [1.29, 1.82) is 0 Å². The van der Waals surface area contributed by atoms with E-state index in [0.717, 1.165) is 16.7 Å². The van der Waals surface area contributed by atoms with Crippen molar-refractivity contribution in [2.75, 3.05) is 11.2 Å². The van der Waals surface area contributed by atoms with Crippen LogP contribution in [0.5, 0.6) is 0 Å². The van der Waals surface area contributed by atoms with Gasteiger partial charge in [-0.15, -0.1) is 11.8 Å². The highest BCUT2D eigenvalue weighted by atomic mass is 35.5. The van der Waals surface area contributed by atoms with Gasteiger partial charge in [-0.2, -0.15) is 0 Å². The van der Waals surface area contributed by atoms with Crippen LogP contribution in [-0.4, -0.2) is 15.7 Å². The number of halogens is 1. The van der Waals surface area contributed by atoms with E-state index in [9.17, 15) is 0 Å². The minimum absolute atomic E-state index is 0.415. The summed E-state index contributed by atoms with van der Waals surface area (Å²) in [6, 6.07) is 0. The van der Waals surface area contributed by atoms with Crippen LogP contribution < -0.4 is 11.3 Å². The summed E-state index contributed by atoms with van der Waals surface area (Å²) in [6.45, 7) is 0. The van der Waals surface area contributed by atoms with E-state index in [2.05, 4.69) is 15.4 Å². The predicted molar refractivity (Wildman–Crippen MR) is 67.5 cm³/mol. The van der Waals surface area contributed by atoms with E-state index in [1.54, 1.807) is 18.0 Å². The molecule has 0 aliphatic heterocycles. The maximum Gasteiger partial charge on any atom is 0.238 e. The van der Waals surface area contributed by atoms with Crippen LogP contribution in [0.1, 0.15) is 25.7 Å². The third-order valence-corrected chi connectivity index (χ3v) is 4.38. The van der Waals surface area contributed by atoms with E-state index >= 15 is 0 Å². The molecule has 1 heterocycles. The number of anilines is 1. The second-order valence-corrected chi connectivity index (χ2v) is 5.37. The molecule has 16 heavy (non-hydrogen) atoms. The standard InChI is InChI=1S/C10H15ClN4S/c11-8-5-13-10(15-12)14-9(8)16-6-7-3-1-2-4-7/h5,7H,1-4,6,12H2,(H,13,14,15). The number of nitrogens with two attached hydrogens (primary N) is 1. The highest BCUT2D eigenvalue weighted by Crippen LogP contribution is 2.32. The zero-order valence-corrected chi connectivity index (χ0v) is 10.5. The van der Waals surface area contributed by atoms with Crippen molar-refractivity contribution in [3.63, 3.8) is 0 Å². The average Bonchev–Trinajstić information content (AvgIpc) is 2.81. The fourth-order valence-electron chi connectivity index (χ4n) is 1.90. The lowest BCUT2D eigenvalue weighted by atomic mass is 10.1. The Bertz CT molecular complexity index is 355. The molecule has 0 radical (unpaired) electrons. The van der Waals surface area contributed by atoms with Gasteiger partial charge in [-0.3, -0.25) is 5.43 Å². The van der Waals surface area contributed by atoms with Crippen molar-refractivity contribution >= 4 is 29.3 Å². The fourth-order valence-corrected chi connectivity index (χ4v) is 3.22. The van der Waals surface area contributed by atoms with Gasteiger partial charge in [-0.1, -0.05) is 24.4 Å². The second kappa shape index (κ2) is 5.70. The molecule has 0 saturated heterocycles. The van der Waals surface area contributed by atoms with E-state index in [1.807, 2.05) is 0 Å². The highest BCUT2D eigenvalue weighted by molar-refractivity contribution is 7.99. The SMILES string of the molecule is NNc1ncc(Cl)c(SCC2CCCC2)n1. The van der Waals surface area contributed by atoms with Crippen LogP contribution in [-0.2, 0) is 0 Å². The predicted octanol–water partition coefficient (Wildman–Crippen LogP) is 2.70. The topological polar surface area (TPSA) is 63.8 Å². The van der Waals surface area contributed by atoms with Crippen molar-refractivity contribution in [2.24, 2.45) is 11.8 Å². The van der Waals surface area contributed by atoms with Gasteiger partial charge in [-0.05, 0) is 18.8 Å². The van der Waals surface area contributed by atoms with Crippen molar-refractivity contribution in [1.82, 2.24) is 9.97 Å². The number of hydrogen-bond donors (Lipinski definition) is 2. The highest BCUT2D eigenvalue weighted by Gasteiger charge is 2.16. The van der Waals surface area contributed by atoms with Crippen LogP contribution >= 0.6 is 23.4 Å².